The van der Waals surface area contributed by atoms with E-state index in [-0.39, 0.29) is 10.6 Å². The number of anilines is 2. The van der Waals surface area contributed by atoms with Crippen LogP contribution in [-0.2, 0) is 10.0 Å². The van der Waals surface area contributed by atoms with E-state index in [0.717, 1.165) is 28.0 Å². The van der Waals surface area contributed by atoms with Gasteiger partial charge in [-0.05, 0) is 49.7 Å². The third-order valence-electron chi connectivity index (χ3n) is 3.97. The Balaban J connectivity index is 2.30. The number of nitrogens with zero attached hydrogens (tertiary/aromatic N) is 1. The summed E-state index contributed by atoms with van der Waals surface area (Å²) in [6.45, 7) is 0.107. The molecule has 6 nitrogen and oxygen atoms in total. The predicted molar refractivity (Wildman–Crippen MR) is 102 cm³/mol. The minimum atomic E-state index is -3.94. The predicted octanol–water partition coefficient (Wildman–Crippen LogP) is 3.18. The molecular weight excluding hydrogens is 376 g/mol. The third-order valence-corrected chi connectivity index (χ3v) is 5.75. The van der Waals surface area contributed by atoms with E-state index < -0.39 is 16.6 Å². The van der Waals surface area contributed by atoms with Crippen LogP contribution >= 0.6 is 0 Å². The van der Waals surface area contributed by atoms with Gasteiger partial charge in [0, 0.05) is 25.3 Å². The number of nitrogens with two attached hydrogens (primary N) is 1. The lowest BCUT2D eigenvalue weighted by Gasteiger charge is -2.21. The van der Waals surface area contributed by atoms with Crippen LogP contribution in [0.25, 0.3) is 0 Å². The van der Waals surface area contributed by atoms with Gasteiger partial charge in [-0.2, -0.15) is 8.78 Å². The minimum absolute atomic E-state index is 0.138. The van der Waals surface area contributed by atoms with Crippen molar-refractivity contribution in [3.05, 3.63) is 48.0 Å². The molecule has 148 valence electrons. The van der Waals surface area contributed by atoms with Gasteiger partial charge in [-0.25, -0.2) is 8.42 Å². The summed E-state index contributed by atoms with van der Waals surface area (Å²) < 4.78 is 55.9. The van der Waals surface area contributed by atoms with Gasteiger partial charge in [0.2, 0.25) is 0 Å². The molecule has 0 saturated carbocycles. The van der Waals surface area contributed by atoms with Crippen molar-refractivity contribution in [3.63, 3.8) is 0 Å². The number of hydrogen-bond acceptors (Lipinski definition) is 5. The van der Waals surface area contributed by atoms with Crippen LogP contribution in [0.1, 0.15) is 12.0 Å². The minimum Gasteiger partial charge on any atom is -0.435 e. The monoisotopic (exact) mass is 399 g/mol. The summed E-state index contributed by atoms with van der Waals surface area (Å²) in [7, 11) is -2.54. The average Bonchev–Trinajstić information content (AvgIpc) is 2.62. The lowest BCUT2D eigenvalue weighted by atomic mass is 10.1. The molecule has 0 fully saturated rings. The van der Waals surface area contributed by atoms with Crippen LogP contribution in [0.5, 0.6) is 5.75 Å². The number of alkyl halides is 2. The zero-order valence-corrected chi connectivity index (χ0v) is 16.0. The molecule has 0 bridgehead atoms. The van der Waals surface area contributed by atoms with Gasteiger partial charge in [-0.15, -0.1) is 0 Å². The molecule has 0 aromatic heterocycles. The average molecular weight is 399 g/mol. The van der Waals surface area contributed by atoms with E-state index in [1.165, 1.54) is 25.2 Å². The van der Waals surface area contributed by atoms with Crippen LogP contribution in [-0.4, -0.2) is 35.2 Å². The normalized spacial score (nSPS) is 11.5. The van der Waals surface area contributed by atoms with Crippen molar-refractivity contribution >= 4 is 21.4 Å². The standard InChI is InChI=1S/C18H23F2N3O3S/c1-13-7-8-14(11-17(13)22-10-4-9-21)23(2)27(24,25)16-6-3-5-15(12-16)26-18(19)20/h3,5-8,11-12,18,22H,4,9-10,21H2,1-2H3. The summed E-state index contributed by atoms with van der Waals surface area (Å²) in [5.41, 5.74) is 7.70. The van der Waals surface area contributed by atoms with E-state index in [1.54, 1.807) is 12.1 Å². The highest BCUT2D eigenvalue weighted by Gasteiger charge is 2.22. The number of rotatable bonds is 9. The Hall–Kier alpha value is -2.39. The largest absolute Gasteiger partial charge is 0.435 e. The van der Waals surface area contributed by atoms with E-state index in [4.69, 9.17) is 5.73 Å². The Kier molecular flexibility index (Phi) is 6.98. The number of hydrogen-bond donors (Lipinski definition) is 2. The maximum Gasteiger partial charge on any atom is 0.387 e. The molecule has 3 N–H and O–H groups in total. The molecule has 0 heterocycles. The molecule has 0 aliphatic heterocycles. The van der Waals surface area contributed by atoms with E-state index in [2.05, 4.69) is 10.1 Å². The molecule has 0 aliphatic rings. The Morgan fingerprint density at radius 2 is 1.96 bits per heavy atom. The topological polar surface area (TPSA) is 84.7 Å². The van der Waals surface area contributed by atoms with Gasteiger partial charge >= 0.3 is 6.61 Å². The fraction of sp³-hybridized carbons (Fsp3) is 0.333. The second-order valence-electron chi connectivity index (χ2n) is 5.89. The Bertz CT molecular complexity index is 876. The van der Waals surface area contributed by atoms with Crippen molar-refractivity contribution < 1.29 is 21.9 Å². The molecule has 27 heavy (non-hydrogen) atoms. The second-order valence-corrected chi connectivity index (χ2v) is 7.86. The highest BCUT2D eigenvalue weighted by atomic mass is 32.2. The van der Waals surface area contributed by atoms with Gasteiger partial charge in [0.15, 0.2) is 0 Å². The van der Waals surface area contributed by atoms with Gasteiger partial charge in [-0.3, -0.25) is 4.31 Å². The molecule has 0 radical (unpaired) electrons. The molecule has 2 rings (SSSR count). The van der Waals surface area contributed by atoms with E-state index in [9.17, 15) is 17.2 Å². The van der Waals surface area contributed by atoms with Crippen molar-refractivity contribution in [1.29, 1.82) is 0 Å². The fourth-order valence-corrected chi connectivity index (χ4v) is 3.65. The van der Waals surface area contributed by atoms with Crippen molar-refractivity contribution in [2.45, 2.75) is 24.9 Å². The first-order chi connectivity index (χ1) is 12.8. The zero-order chi connectivity index (χ0) is 20.0. The molecule has 0 saturated heterocycles. The molecule has 2 aromatic rings. The highest BCUT2D eigenvalue weighted by Crippen LogP contribution is 2.28. The first-order valence-electron chi connectivity index (χ1n) is 8.34. The fourth-order valence-electron chi connectivity index (χ4n) is 2.43. The highest BCUT2D eigenvalue weighted by molar-refractivity contribution is 7.92. The van der Waals surface area contributed by atoms with Crippen molar-refractivity contribution in [1.82, 2.24) is 0 Å². The smallest absolute Gasteiger partial charge is 0.387 e. The van der Waals surface area contributed by atoms with E-state index in [0.29, 0.717) is 18.8 Å². The van der Waals surface area contributed by atoms with E-state index >= 15 is 0 Å². The molecule has 0 spiro atoms. The van der Waals surface area contributed by atoms with E-state index in [1.807, 2.05) is 13.0 Å². The van der Waals surface area contributed by atoms with Crippen molar-refractivity contribution in [2.75, 3.05) is 29.8 Å². The number of benzene rings is 2. The maximum absolute atomic E-state index is 12.9. The van der Waals surface area contributed by atoms with Crippen LogP contribution in [0.3, 0.4) is 0 Å². The van der Waals surface area contributed by atoms with Crippen LogP contribution in [0.15, 0.2) is 47.4 Å². The first kappa shape index (κ1) is 20.9. The molecule has 0 unspecified atom stereocenters. The second kappa shape index (κ2) is 9.01. The Morgan fingerprint density at radius 1 is 1.22 bits per heavy atom. The van der Waals surface area contributed by atoms with Crippen LogP contribution in [0.2, 0.25) is 0 Å². The summed E-state index contributed by atoms with van der Waals surface area (Å²) in [5, 5.41) is 3.23. The number of ether oxygens (including phenoxy) is 1. The maximum atomic E-state index is 12.9. The Morgan fingerprint density at radius 3 is 2.63 bits per heavy atom. The number of aryl methyl sites for hydroxylation is 1. The zero-order valence-electron chi connectivity index (χ0n) is 15.2. The van der Waals surface area contributed by atoms with Gasteiger partial charge in [0.25, 0.3) is 10.0 Å². The molecule has 2 aromatic carbocycles. The number of sulfonamides is 1. The third kappa shape index (κ3) is 5.30. The molecule has 0 aliphatic carbocycles. The molecule has 9 heteroatoms. The lowest BCUT2D eigenvalue weighted by molar-refractivity contribution is -0.0499. The Labute approximate surface area is 158 Å². The number of halogens is 2. The summed E-state index contributed by atoms with van der Waals surface area (Å²) >= 11 is 0. The summed E-state index contributed by atoms with van der Waals surface area (Å²) in [5.74, 6) is -0.215. The SMILES string of the molecule is Cc1ccc(N(C)S(=O)(=O)c2cccc(OC(F)F)c2)cc1NCCCN. The number of nitrogens with one attached hydrogen (secondary N) is 1. The first-order valence-corrected chi connectivity index (χ1v) is 9.78. The quantitative estimate of drug-likeness (QED) is 0.633. The van der Waals surface area contributed by atoms with Gasteiger partial charge < -0.3 is 15.8 Å². The van der Waals surface area contributed by atoms with Gasteiger partial charge in [-0.1, -0.05) is 12.1 Å². The lowest BCUT2D eigenvalue weighted by Crippen LogP contribution is -2.26. The molecular formula is C18H23F2N3O3S. The van der Waals surface area contributed by atoms with Gasteiger partial charge in [0.05, 0.1) is 10.6 Å². The van der Waals surface area contributed by atoms with Crippen molar-refractivity contribution in [3.8, 4) is 5.75 Å². The van der Waals surface area contributed by atoms with Crippen LogP contribution < -0.4 is 20.1 Å². The van der Waals surface area contributed by atoms with Gasteiger partial charge in [0.1, 0.15) is 5.75 Å². The summed E-state index contributed by atoms with van der Waals surface area (Å²) in [6.07, 6.45) is 0.786. The van der Waals surface area contributed by atoms with Crippen molar-refractivity contribution in [2.24, 2.45) is 5.73 Å². The van der Waals surface area contributed by atoms with Crippen LogP contribution in [0, 0.1) is 6.92 Å². The molecule has 0 atom stereocenters. The molecule has 0 amide bonds. The van der Waals surface area contributed by atoms with Crippen LogP contribution in [0.4, 0.5) is 20.2 Å². The summed E-state index contributed by atoms with van der Waals surface area (Å²) in [6, 6.07) is 10.3. The summed E-state index contributed by atoms with van der Waals surface area (Å²) in [4.78, 5) is -0.138.